The fraction of sp³-hybridized carbons (Fsp3) is 0.182. The van der Waals surface area contributed by atoms with Gasteiger partial charge in [0, 0.05) is 23.6 Å². The fourth-order valence-corrected chi connectivity index (χ4v) is 1.55. The number of hydrogen-bond acceptors (Lipinski definition) is 3. The molecule has 0 bridgehead atoms. The normalized spacial score (nSPS) is 10.2. The number of aryl methyl sites for hydroxylation is 1. The first-order valence-electron chi connectivity index (χ1n) is 4.81. The molecule has 0 unspecified atom stereocenters. The second kappa shape index (κ2) is 4.45. The van der Waals surface area contributed by atoms with E-state index in [0.29, 0.717) is 16.7 Å². The Labute approximate surface area is 98.6 Å². The van der Waals surface area contributed by atoms with Gasteiger partial charge >= 0.3 is 0 Å². The number of nitrogens with one attached hydrogen (secondary N) is 2. The summed E-state index contributed by atoms with van der Waals surface area (Å²) in [6, 6.07) is 5.46. The van der Waals surface area contributed by atoms with Crippen LogP contribution in [0.3, 0.4) is 0 Å². The molecule has 1 aromatic carbocycles. The minimum Gasteiger partial charge on any atom is -0.495 e. The third-order valence-electron chi connectivity index (χ3n) is 2.12. The minimum atomic E-state index is 0.587. The van der Waals surface area contributed by atoms with Crippen LogP contribution in [0.4, 0.5) is 11.6 Å². The number of anilines is 2. The lowest BCUT2D eigenvalue weighted by Crippen LogP contribution is -1.93. The summed E-state index contributed by atoms with van der Waals surface area (Å²) in [5.41, 5.74) is 1.87. The second-order valence-electron chi connectivity index (χ2n) is 3.39. The van der Waals surface area contributed by atoms with Crippen molar-refractivity contribution in [2.75, 3.05) is 12.4 Å². The first-order chi connectivity index (χ1) is 7.69. The van der Waals surface area contributed by atoms with E-state index in [4.69, 9.17) is 16.3 Å². The molecule has 0 atom stereocenters. The Balaban J connectivity index is 2.21. The van der Waals surface area contributed by atoms with E-state index in [1.54, 1.807) is 19.4 Å². The molecule has 0 aliphatic rings. The Hall–Kier alpha value is -1.68. The highest BCUT2D eigenvalue weighted by atomic mass is 35.5. The molecule has 16 heavy (non-hydrogen) atoms. The summed E-state index contributed by atoms with van der Waals surface area (Å²) in [5, 5.41) is 3.71. The number of nitrogens with zero attached hydrogens (tertiary/aromatic N) is 1. The molecular weight excluding hydrogens is 226 g/mol. The van der Waals surface area contributed by atoms with Crippen LogP contribution in [0.1, 0.15) is 5.69 Å². The van der Waals surface area contributed by atoms with Crippen LogP contribution in [-0.4, -0.2) is 17.1 Å². The van der Waals surface area contributed by atoms with Gasteiger partial charge in [-0.2, -0.15) is 0 Å². The van der Waals surface area contributed by atoms with Crippen molar-refractivity contribution in [1.82, 2.24) is 9.97 Å². The number of ether oxygens (including phenoxy) is 1. The van der Waals surface area contributed by atoms with Gasteiger partial charge in [0.1, 0.15) is 5.75 Å². The average Bonchev–Trinajstić information content (AvgIpc) is 2.67. The van der Waals surface area contributed by atoms with Crippen molar-refractivity contribution in [1.29, 1.82) is 0 Å². The summed E-state index contributed by atoms with van der Waals surface area (Å²) in [6.07, 6.45) is 1.76. The molecule has 0 aliphatic heterocycles. The van der Waals surface area contributed by atoms with Gasteiger partial charge in [0.05, 0.1) is 12.1 Å². The van der Waals surface area contributed by atoms with Gasteiger partial charge in [0.2, 0.25) is 5.95 Å². The third kappa shape index (κ3) is 2.28. The van der Waals surface area contributed by atoms with E-state index in [1.165, 1.54) is 0 Å². The van der Waals surface area contributed by atoms with Crippen LogP contribution < -0.4 is 10.1 Å². The van der Waals surface area contributed by atoms with Crippen LogP contribution in [0.15, 0.2) is 24.4 Å². The number of methoxy groups -OCH3 is 1. The van der Waals surface area contributed by atoms with Crippen molar-refractivity contribution >= 4 is 23.2 Å². The minimum absolute atomic E-state index is 0.587. The number of aromatic nitrogens is 2. The van der Waals surface area contributed by atoms with Crippen LogP contribution in [0, 0.1) is 6.92 Å². The molecule has 0 aliphatic carbocycles. The Morgan fingerprint density at radius 3 is 2.88 bits per heavy atom. The van der Waals surface area contributed by atoms with E-state index in [2.05, 4.69) is 15.3 Å². The van der Waals surface area contributed by atoms with Gasteiger partial charge < -0.3 is 15.0 Å². The Kier molecular flexibility index (Phi) is 3.01. The average molecular weight is 238 g/mol. The van der Waals surface area contributed by atoms with Gasteiger partial charge in [-0.15, -0.1) is 0 Å². The lowest BCUT2D eigenvalue weighted by Gasteiger charge is -2.07. The monoisotopic (exact) mass is 237 g/mol. The standard InChI is InChI=1S/C11H12ClN3O/c1-7-6-13-11(14-7)15-8-3-4-9(12)10(5-8)16-2/h3-6H,1-2H3,(H2,13,14,15). The van der Waals surface area contributed by atoms with Crippen molar-refractivity contribution in [3.8, 4) is 5.75 Å². The van der Waals surface area contributed by atoms with E-state index < -0.39 is 0 Å². The zero-order valence-corrected chi connectivity index (χ0v) is 9.80. The highest BCUT2D eigenvalue weighted by Crippen LogP contribution is 2.28. The first-order valence-corrected chi connectivity index (χ1v) is 5.19. The molecule has 1 aromatic heterocycles. The number of rotatable bonds is 3. The van der Waals surface area contributed by atoms with Crippen LogP contribution in [-0.2, 0) is 0 Å². The molecule has 2 N–H and O–H groups in total. The van der Waals surface area contributed by atoms with Crippen LogP contribution in [0.25, 0.3) is 0 Å². The molecule has 0 fully saturated rings. The zero-order chi connectivity index (χ0) is 11.5. The summed E-state index contributed by atoms with van der Waals surface area (Å²) >= 11 is 5.93. The predicted molar refractivity (Wildman–Crippen MR) is 64.6 cm³/mol. The Bertz CT molecular complexity index is 496. The van der Waals surface area contributed by atoms with Crippen LogP contribution in [0.2, 0.25) is 5.02 Å². The van der Waals surface area contributed by atoms with Crippen molar-refractivity contribution in [3.63, 3.8) is 0 Å². The highest BCUT2D eigenvalue weighted by molar-refractivity contribution is 6.32. The quantitative estimate of drug-likeness (QED) is 0.862. The van der Waals surface area contributed by atoms with Crippen LogP contribution >= 0.6 is 11.6 Å². The largest absolute Gasteiger partial charge is 0.495 e. The number of halogens is 1. The maximum Gasteiger partial charge on any atom is 0.204 e. The predicted octanol–water partition coefficient (Wildman–Crippen LogP) is 3.12. The number of imidazole rings is 1. The molecule has 0 spiro atoms. The van der Waals surface area contributed by atoms with Crippen molar-refractivity contribution < 1.29 is 4.74 Å². The van der Waals surface area contributed by atoms with Crippen molar-refractivity contribution in [2.45, 2.75) is 6.92 Å². The van der Waals surface area contributed by atoms with Gasteiger partial charge in [-0.3, -0.25) is 0 Å². The highest BCUT2D eigenvalue weighted by Gasteiger charge is 2.03. The van der Waals surface area contributed by atoms with Gasteiger partial charge in [0.25, 0.3) is 0 Å². The van der Waals surface area contributed by atoms with Gasteiger partial charge in [-0.05, 0) is 19.1 Å². The van der Waals surface area contributed by atoms with E-state index >= 15 is 0 Å². The topological polar surface area (TPSA) is 49.9 Å². The molecule has 0 radical (unpaired) electrons. The summed E-state index contributed by atoms with van der Waals surface area (Å²) in [6.45, 7) is 1.95. The van der Waals surface area contributed by atoms with Gasteiger partial charge in [-0.1, -0.05) is 11.6 Å². The second-order valence-corrected chi connectivity index (χ2v) is 3.80. The van der Waals surface area contributed by atoms with E-state index in [9.17, 15) is 0 Å². The SMILES string of the molecule is COc1cc(Nc2ncc(C)[nH]2)ccc1Cl. The van der Waals surface area contributed by atoms with E-state index in [0.717, 1.165) is 11.4 Å². The van der Waals surface area contributed by atoms with Gasteiger partial charge in [-0.25, -0.2) is 4.98 Å². The lowest BCUT2D eigenvalue weighted by molar-refractivity contribution is 0.415. The van der Waals surface area contributed by atoms with Gasteiger partial charge in [0.15, 0.2) is 0 Å². The summed E-state index contributed by atoms with van der Waals surface area (Å²) in [4.78, 5) is 7.23. The smallest absolute Gasteiger partial charge is 0.204 e. The molecule has 2 rings (SSSR count). The van der Waals surface area contributed by atoms with Crippen LogP contribution in [0.5, 0.6) is 5.75 Å². The maximum absolute atomic E-state index is 5.93. The van der Waals surface area contributed by atoms with E-state index in [-0.39, 0.29) is 0 Å². The molecule has 0 saturated carbocycles. The number of H-pyrrole nitrogens is 1. The molecular formula is C11H12ClN3O. The lowest BCUT2D eigenvalue weighted by atomic mass is 10.3. The Morgan fingerprint density at radius 2 is 2.25 bits per heavy atom. The maximum atomic E-state index is 5.93. The Morgan fingerprint density at radius 1 is 1.44 bits per heavy atom. The molecule has 0 saturated heterocycles. The molecule has 4 nitrogen and oxygen atoms in total. The summed E-state index contributed by atoms with van der Waals surface area (Å²) in [7, 11) is 1.59. The molecule has 5 heteroatoms. The molecule has 2 aromatic rings. The van der Waals surface area contributed by atoms with Crippen molar-refractivity contribution in [2.24, 2.45) is 0 Å². The van der Waals surface area contributed by atoms with E-state index in [1.807, 2.05) is 19.1 Å². The molecule has 0 amide bonds. The number of aromatic amines is 1. The zero-order valence-electron chi connectivity index (χ0n) is 9.04. The summed E-state index contributed by atoms with van der Waals surface area (Å²) in [5.74, 6) is 1.33. The fourth-order valence-electron chi connectivity index (χ4n) is 1.35. The number of hydrogen-bond donors (Lipinski definition) is 2. The third-order valence-corrected chi connectivity index (χ3v) is 2.43. The molecule has 84 valence electrons. The molecule has 1 heterocycles. The number of benzene rings is 1. The van der Waals surface area contributed by atoms with Crippen molar-refractivity contribution in [3.05, 3.63) is 35.1 Å². The first kappa shape index (κ1) is 10.8. The summed E-state index contributed by atoms with van der Waals surface area (Å²) < 4.78 is 5.13.